The number of hydrogen-bond acceptors (Lipinski definition) is 4. The van der Waals surface area contributed by atoms with Gasteiger partial charge in [-0.3, -0.25) is 4.79 Å². The molecule has 1 N–H and O–H groups in total. The summed E-state index contributed by atoms with van der Waals surface area (Å²) in [6, 6.07) is 2.22. The van der Waals surface area contributed by atoms with E-state index in [1.807, 2.05) is 19.9 Å². The number of carbonyl (C=O) groups excluding carboxylic acids is 1. The molecule has 5 nitrogen and oxygen atoms in total. The van der Waals surface area contributed by atoms with Crippen LogP contribution in [0.2, 0.25) is 0 Å². The van der Waals surface area contributed by atoms with Crippen molar-refractivity contribution in [3.63, 3.8) is 0 Å². The molecule has 2 saturated heterocycles. The number of nitrogens with one attached hydrogen (secondary N) is 1. The molecular formula is C15H22N4O. The number of carbonyl (C=O) groups is 1. The van der Waals surface area contributed by atoms with E-state index in [1.165, 1.54) is 0 Å². The number of fused-ring (bicyclic) bond motifs is 1. The molecule has 1 aromatic heterocycles. The van der Waals surface area contributed by atoms with Gasteiger partial charge in [0, 0.05) is 25.7 Å². The predicted molar refractivity (Wildman–Crippen MR) is 76.5 cm³/mol. The minimum absolute atomic E-state index is 0.127. The molecule has 108 valence electrons. The number of amides is 1. The molecule has 1 amide bonds. The third kappa shape index (κ3) is 2.10. The summed E-state index contributed by atoms with van der Waals surface area (Å²) < 4.78 is 0. The van der Waals surface area contributed by atoms with E-state index in [0.29, 0.717) is 23.4 Å². The van der Waals surface area contributed by atoms with Crippen molar-refractivity contribution in [3.8, 4) is 0 Å². The first-order valence-electron chi connectivity index (χ1n) is 7.44. The Labute approximate surface area is 119 Å². The molecule has 3 heterocycles. The van der Waals surface area contributed by atoms with Gasteiger partial charge in [0.1, 0.15) is 0 Å². The molecule has 0 saturated carbocycles. The van der Waals surface area contributed by atoms with Crippen molar-refractivity contribution >= 4 is 5.91 Å². The van der Waals surface area contributed by atoms with Crippen LogP contribution in [0.5, 0.6) is 0 Å². The van der Waals surface area contributed by atoms with Crippen molar-refractivity contribution in [3.05, 3.63) is 23.0 Å². The Balaban J connectivity index is 1.88. The molecule has 2 fully saturated rings. The van der Waals surface area contributed by atoms with Gasteiger partial charge in [0.2, 0.25) is 0 Å². The lowest BCUT2D eigenvalue weighted by Gasteiger charge is -2.27. The molecule has 2 aliphatic heterocycles. The fourth-order valence-corrected chi connectivity index (χ4v) is 3.70. The highest BCUT2D eigenvalue weighted by Gasteiger charge is 2.45. The number of likely N-dealkylation sites (tertiary alicyclic amines) is 1. The van der Waals surface area contributed by atoms with Crippen LogP contribution in [-0.4, -0.2) is 46.7 Å². The van der Waals surface area contributed by atoms with Gasteiger partial charge < -0.3 is 10.2 Å². The largest absolute Gasteiger partial charge is 0.335 e. The van der Waals surface area contributed by atoms with Crippen LogP contribution in [0.4, 0.5) is 0 Å². The van der Waals surface area contributed by atoms with Crippen molar-refractivity contribution < 1.29 is 4.79 Å². The molecule has 0 aliphatic carbocycles. The van der Waals surface area contributed by atoms with Crippen LogP contribution >= 0.6 is 0 Å². The lowest BCUT2D eigenvalue weighted by Crippen LogP contribution is -2.40. The first-order chi connectivity index (χ1) is 9.61. The van der Waals surface area contributed by atoms with E-state index >= 15 is 0 Å². The van der Waals surface area contributed by atoms with E-state index in [4.69, 9.17) is 0 Å². The molecule has 0 radical (unpaired) electrons. The standard InChI is InChI=1S/C15H22N4O/c1-4-14-13-7-16-6-11(13)8-19(14)15(20)12-5-9(2)17-18-10(12)3/h5,11,13-14,16H,4,6-8H2,1-3H3. The zero-order chi connectivity index (χ0) is 14.3. The molecule has 3 rings (SSSR count). The van der Waals surface area contributed by atoms with Crippen molar-refractivity contribution in [2.75, 3.05) is 19.6 Å². The van der Waals surface area contributed by atoms with Gasteiger partial charge in [-0.25, -0.2) is 0 Å². The maximum Gasteiger partial charge on any atom is 0.256 e. The van der Waals surface area contributed by atoms with E-state index in [0.717, 1.165) is 37.4 Å². The summed E-state index contributed by atoms with van der Waals surface area (Å²) in [7, 11) is 0. The van der Waals surface area contributed by atoms with Gasteiger partial charge >= 0.3 is 0 Å². The fourth-order valence-electron chi connectivity index (χ4n) is 3.70. The van der Waals surface area contributed by atoms with Crippen LogP contribution < -0.4 is 5.32 Å². The highest BCUT2D eigenvalue weighted by Crippen LogP contribution is 2.35. The minimum Gasteiger partial charge on any atom is -0.335 e. The molecule has 0 aromatic carbocycles. The van der Waals surface area contributed by atoms with Gasteiger partial charge in [0.15, 0.2) is 0 Å². The second-order valence-electron chi connectivity index (χ2n) is 6.00. The summed E-state index contributed by atoms with van der Waals surface area (Å²) in [5, 5.41) is 11.5. The van der Waals surface area contributed by atoms with E-state index in [2.05, 4.69) is 27.3 Å². The van der Waals surface area contributed by atoms with E-state index in [-0.39, 0.29) is 5.91 Å². The summed E-state index contributed by atoms with van der Waals surface area (Å²) in [6.07, 6.45) is 1.02. The van der Waals surface area contributed by atoms with Crippen LogP contribution in [0.15, 0.2) is 6.07 Å². The van der Waals surface area contributed by atoms with Gasteiger partial charge in [-0.05, 0) is 38.2 Å². The maximum absolute atomic E-state index is 12.9. The van der Waals surface area contributed by atoms with Gasteiger partial charge in [-0.15, -0.1) is 0 Å². The number of nitrogens with zero attached hydrogens (tertiary/aromatic N) is 3. The topological polar surface area (TPSA) is 58.1 Å². The summed E-state index contributed by atoms with van der Waals surface area (Å²) in [6.45, 7) is 8.86. The Hall–Kier alpha value is -1.49. The molecule has 2 aliphatic rings. The monoisotopic (exact) mass is 274 g/mol. The fraction of sp³-hybridized carbons (Fsp3) is 0.667. The highest BCUT2D eigenvalue weighted by atomic mass is 16.2. The Morgan fingerprint density at radius 3 is 2.95 bits per heavy atom. The molecule has 0 spiro atoms. The van der Waals surface area contributed by atoms with E-state index in [9.17, 15) is 4.79 Å². The first-order valence-corrected chi connectivity index (χ1v) is 7.44. The summed E-state index contributed by atoms with van der Waals surface area (Å²) in [4.78, 5) is 14.9. The van der Waals surface area contributed by atoms with Crippen molar-refractivity contribution in [1.82, 2.24) is 20.4 Å². The quantitative estimate of drug-likeness (QED) is 0.879. The Kier molecular flexibility index (Phi) is 3.46. The van der Waals surface area contributed by atoms with Crippen molar-refractivity contribution in [1.29, 1.82) is 0 Å². The molecular weight excluding hydrogens is 252 g/mol. The Bertz CT molecular complexity index is 531. The highest BCUT2D eigenvalue weighted by molar-refractivity contribution is 5.95. The average Bonchev–Trinajstić information content (AvgIpc) is 3.00. The second-order valence-corrected chi connectivity index (χ2v) is 6.00. The van der Waals surface area contributed by atoms with Gasteiger partial charge in [-0.2, -0.15) is 10.2 Å². The SMILES string of the molecule is CCC1C2CNCC2CN1C(=O)c1cc(C)nnc1C. The molecule has 0 bridgehead atoms. The molecule has 5 heteroatoms. The van der Waals surface area contributed by atoms with Gasteiger partial charge in [-0.1, -0.05) is 6.92 Å². The minimum atomic E-state index is 0.127. The second kappa shape index (κ2) is 5.13. The van der Waals surface area contributed by atoms with Gasteiger partial charge in [0.25, 0.3) is 5.91 Å². The smallest absolute Gasteiger partial charge is 0.256 e. The molecule has 3 atom stereocenters. The zero-order valence-electron chi connectivity index (χ0n) is 12.4. The summed E-state index contributed by atoms with van der Waals surface area (Å²) in [5.41, 5.74) is 2.24. The Morgan fingerprint density at radius 1 is 1.40 bits per heavy atom. The number of hydrogen-bond donors (Lipinski definition) is 1. The van der Waals surface area contributed by atoms with Crippen LogP contribution in [0.3, 0.4) is 0 Å². The van der Waals surface area contributed by atoms with Crippen LogP contribution in [-0.2, 0) is 0 Å². The summed E-state index contributed by atoms with van der Waals surface area (Å²) in [5.74, 6) is 1.35. The first kappa shape index (κ1) is 13.5. The number of aryl methyl sites for hydroxylation is 2. The average molecular weight is 274 g/mol. The third-order valence-corrected chi connectivity index (χ3v) is 4.73. The maximum atomic E-state index is 12.9. The van der Waals surface area contributed by atoms with E-state index in [1.54, 1.807) is 0 Å². The van der Waals surface area contributed by atoms with Crippen LogP contribution in [0, 0.1) is 25.7 Å². The predicted octanol–water partition coefficient (Wildman–Crippen LogP) is 1.16. The molecule has 3 unspecified atom stereocenters. The van der Waals surface area contributed by atoms with Crippen molar-refractivity contribution in [2.45, 2.75) is 33.2 Å². The normalized spacial score (nSPS) is 28.8. The molecule has 20 heavy (non-hydrogen) atoms. The third-order valence-electron chi connectivity index (χ3n) is 4.73. The lowest BCUT2D eigenvalue weighted by molar-refractivity contribution is 0.0710. The van der Waals surface area contributed by atoms with E-state index < -0.39 is 0 Å². The Morgan fingerprint density at radius 2 is 2.20 bits per heavy atom. The zero-order valence-corrected chi connectivity index (χ0v) is 12.4. The van der Waals surface area contributed by atoms with Crippen molar-refractivity contribution in [2.24, 2.45) is 11.8 Å². The lowest BCUT2D eigenvalue weighted by atomic mass is 9.93. The van der Waals surface area contributed by atoms with Gasteiger partial charge in [0.05, 0.1) is 17.0 Å². The summed E-state index contributed by atoms with van der Waals surface area (Å²) >= 11 is 0. The number of aromatic nitrogens is 2. The van der Waals surface area contributed by atoms with Crippen LogP contribution in [0.25, 0.3) is 0 Å². The molecule has 1 aromatic rings. The van der Waals surface area contributed by atoms with Crippen LogP contribution in [0.1, 0.15) is 35.1 Å². The number of rotatable bonds is 2.